The van der Waals surface area contributed by atoms with Gasteiger partial charge < -0.3 is 4.74 Å². The highest BCUT2D eigenvalue weighted by molar-refractivity contribution is 5.75. The number of hydrogen-bond acceptors (Lipinski definition) is 3. The molecule has 4 heteroatoms. The Hall–Kier alpha value is -0.610. The summed E-state index contributed by atoms with van der Waals surface area (Å²) in [7, 11) is 0. The molecule has 1 saturated heterocycles. The largest absolute Gasteiger partial charge is 0.381 e. The molecule has 0 radical (unpaired) electrons. The van der Waals surface area contributed by atoms with Crippen molar-refractivity contribution in [1.82, 2.24) is 5.01 Å². The maximum Gasteiger partial charge on any atom is 0.236 e. The first-order valence-corrected chi connectivity index (χ1v) is 4.40. The molecular weight excluding hydrogens is 156 g/mol. The summed E-state index contributed by atoms with van der Waals surface area (Å²) in [5.41, 5.74) is 0. The average molecular weight is 172 g/mol. The summed E-state index contributed by atoms with van der Waals surface area (Å²) in [6.45, 7) is 3.26. The second kappa shape index (κ2) is 4.42. The normalized spacial score (nSPS) is 19.2. The number of hydrazine groups is 1. The Morgan fingerprint density at radius 3 is 2.67 bits per heavy atom. The van der Waals surface area contributed by atoms with Crippen molar-refractivity contribution in [3.05, 3.63) is 0 Å². The van der Waals surface area contributed by atoms with E-state index in [9.17, 15) is 4.79 Å². The second-order valence-electron chi connectivity index (χ2n) is 3.00. The van der Waals surface area contributed by atoms with Crippen molar-refractivity contribution in [2.75, 3.05) is 13.2 Å². The van der Waals surface area contributed by atoms with Crippen LogP contribution in [0.3, 0.4) is 0 Å². The maximum atomic E-state index is 11.2. The van der Waals surface area contributed by atoms with E-state index >= 15 is 0 Å². The number of nitrogens with zero attached hydrogens (tertiary/aromatic N) is 1. The van der Waals surface area contributed by atoms with Crippen LogP contribution < -0.4 is 5.84 Å². The van der Waals surface area contributed by atoms with Crippen LogP contribution in [-0.2, 0) is 9.53 Å². The van der Waals surface area contributed by atoms with Crippen LogP contribution >= 0.6 is 0 Å². The Kier molecular flexibility index (Phi) is 3.49. The molecule has 0 aromatic heterocycles. The van der Waals surface area contributed by atoms with Crippen molar-refractivity contribution in [3.8, 4) is 0 Å². The number of rotatable bonds is 2. The van der Waals surface area contributed by atoms with Gasteiger partial charge in [0.25, 0.3) is 0 Å². The number of ether oxygens (including phenoxy) is 1. The van der Waals surface area contributed by atoms with E-state index in [2.05, 4.69) is 0 Å². The monoisotopic (exact) mass is 172 g/mol. The maximum absolute atomic E-state index is 11.2. The third-order valence-electron chi connectivity index (χ3n) is 2.17. The van der Waals surface area contributed by atoms with Gasteiger partial charge in [-0.1, -0.05) is 6.92 Å². The van der Waals surface area contributed by atoms with E-state index in [1.54, 1.807) is 0 Å². The van der Waals surface area contributed by atoms with Gasteiger partial charge in [-0.25, -0.2) is 5.84 Å². The minimum Gasteiger partial charge on any atom is -0.381 e. The summed E-state index contributed by atoms with van der Waals surface area (Å²) < 4.78 is 5.17. The molecule has 0 aliphatic carbocycles. The molecule has 1 aliphatic rings. The van der Waals surface area contributed by atoms with Gasteiger partial charge in [0.2, 0.25) is 5.91 Å². The Labute approximate surface area is 72.6 Å². The van der Waals surface area contributed by atoms with Crippen LogP contribution in [0.1, 0.15) is 26.2 Å². The topological polar surface area (TPSA) is 55.6 Å². The van der Waals surface area contributed by atoms with Gasteiger partial charge >= 0.3 is 0 Å². The molecule has 1 fully saturated rings. The van der Waals surface area contributed by atoms with Gasteiger partial charge in [0.05, 0.1) is 6.04 Å². The molecule has 1 aliphatic heterocycles. The Balaban J connectivity index is 2.39. The van der Waals surface area contributed by atoms with Crippen molar-refractivity contribution in [3.63, 3.8) is 0 Å². The van der Waals surface area contributed by atoms with Crippen molar-refractivity contribution in [2.45, 2.75) is 32.2 Å². The fourth-order valence-electron chi connectivity index (χ4n) is 1.35. The summed E-state index contributed by atoms with van der Waals surface area (Å²) in [6, 6.07) is 0.186. The molecule has 0 unspecified atom stereocenters. The van der Waals surface area contributed by atoms with E-state index in [4.69, 9.17) is 10.6 Å². The van der Waals surface area contributed by atoms with Crippen LogP contribution in [0.2, 0.25) is 0 Å². The van der Waals surface area contributed by atoms with Crippen molar-refractivity contribution in [1.29, 1.82) is 0 Å². The van der Waals surface area contributed by atoms with Gasteiger partial charge in [-0.05, 0) is 12.8 Å². The molecule has 2 N–H and O–H groups in total. The van der Waals surface area contributed by atoms with Crippen LogP contribution in [0.5, 0.6) is 0 Å². The third-order valence-corrected chi connectivity index (χ3v) is 2.17. The molecule has 0 aromatic rings. The highest BCUT2D eigenvalue weighted by Gasteiger charge is 2.21. The quantitative estimate of drug-likeness (QED) is 0.370. The van der Waals surface area contributed by atoms with Gasteiger partial charge in [-0.15, -0.1) is 0 Å². The molecule has 0 bridgehead atoms. The van der Waals surface area contributed by atoms with Crippen molar-refractivity contribution in [2.24, 2.45) is 5.84 Å². The minimum absolute atomic E-state index is 0.0156. The van der Waals surface area contributed by atoms with Gasteiger partial charge in [0.1, 0.15) is 0 Å². The Bertz CT molecular complexity index is 155. The minimum atomic E-state index is 0.0156. The lowest BCUT2D eigenvalue weighted by Crippen LogP contribution is -2.47. The van der Waals surface area contributed by atoms with Crippen LogP contribution in [-0.4, -0.2) is 30.2 Å². The number of hydrogen-bond donors (Lipinski definition) is 1. The van der Waals surface area contributed by atoms with Gasteiger partial charge in [0, 0.05) is 19.6 Å². The zero-order valence-corrected chi connectivity index (χ0v) is 7.45. The summed E-state index contributed by atoms with van der Waals surface area (Å²) >= 11 is 0. The zero-order chi connectivity index (χ0) is 8.97. The van der Waals surface area contributed by atoms with Gasteiger partial charge in [-0.3, -0.25) is 9.80 Å². The molecule has 4 nitrogen and oxygen atoms in total. The molecular formula is C8H16N2O2. The molecule has 1 rings (SSSR count). The van der Waals surface area contributed by atoms with E-state index < -0.39 is 0 Å². The summed E-state index contributed by atoms with van der Waals surface area (Å²) in [4.78, 5) is 11.2. The molecule has 12 heavy (non-hydrogen) atoms. The number of amides is 1. The average Bonchev–Trinajstić information content (AvgIpc) is 2.17. The SMILES string of the molecule is CCC(=O)N(N)C1CCOCC1. The van der Waals surface area contributed by atoms with E-state index in [0.29, 0.717) is 6.42 Å². The highest BCUT2D eigenvalue weighted by atomic mass is 16.5. The standard InChI is InChI=1S/C8H16N2O2/c1-2-8(11)10(9)7-3-5-12-6-4-7/h7H,2-6,9H2,1H3. The van der Waals surface area contributed by atoms with Crippen LogP contribution in [0.25, 0.3) is 0 Å². The molecule has 0 spiro atoms. The Morgan fingerprint density at radius 1 is 1.58 bits per heavy atom. The predicted octanol–water partition coefficient (Wildman–Crippen LogP) is 0.278. The van der Waals surface area contributed by atoms with E-state index in [1.165, 1.54) is 5.01 Å². The molecule has 0 saturated carbocycles. The molecule has 1 amide bonds. The highest BCUT2D eigenvalue weighted by Crippen LogP contribution is 2.11. The first kappa shape index (κ1) is 9.48. The Morgan fingerprint density at radius 2 is 2.17 bits per heavy atom. The first-order valence-electron chi connectivity index (χ1n) is 4.40. The van der Waals surface area contributed by atoms with Gasteiger partial charge in [0.15, 0.2) is 0 Å². The first-order chi connectivity index (χ1) is 5.75. The van der Waals surface area contributed by atoms with Crippen LogP contribution in [0.15, 0.2) is 0 Å². The fourth-order valence-corrected chi connectivity index (χ4v) is 1.35. The summed E-state index contributed by atoms with van der Waals surface area (Å²) in [5.74, 6) is 5.65. The van der Waals surface area contributed by atoms with E-state index in [1.807, 2.05) is 6.92 Å². The number of carbonyl (C=O) groups is 1. The smallest absolute Gasteiger partial charge is 0.236 e. The molecule has 0 aromatic carbocycles. The lowest BCUT2D eigenvalue weighted by Gasteiger charge is -2.30. The fraction of sp³-hybridized carbons (Fsp3) is 0.875. The number of carbonyl (C=O) groups excluding carboxylic acids is 1. The van der Waals surface area contributed by atoms with Crippen LogP contribution in [0.4, 0.5) is 0 Å². The number of nitrogens with two attached hydrogens (primary N) is 1. The molecule has 1 heterocycles. The summed E-state index contributed by atoms with van der Waals surface area (Å²) in [6.07, 6.45) is 2.21. The summed E-state index contributed by atoms with van der Waals surface area (Å²) in [5, 5.41) is 1.36. The second-order valence-corrected chi connectivity index (χ2v) is 3.00. The van der Waals surface area contributed by atoms with Crippen LogP contribution in [0, 0.1) is 0 Å². The lowest BCUT2D eigenvalue weighted by atomic mass is 10.1. The van der Waals surface area contributed by atoms with Crippen molar-refractivity contribution < 1.29 is 9.53 Å². The van der Waals surface area contributed by atoms with E-state index in [-0.39, 0.29) is 11.9 Å². The zero-order valence-electron chi connectivity index (χ0n) is 7.45. The van der Waals surface area contributed by atoms with E-state index in [0.717, 1.165) is 26.1 Å². The molecule has 70 valence electrons. The molecule has 0 atom stereocenters. The van der Waals surface area contributed by atoms with Gasteiger partial charge in [-0.2, -0.15) is 0 Å². The predicted molar refractivity (Wildman–Crippen MR) is 45.2 cm³/mol. The van der Waals surface area contributed by atoms with Crippen molar-refractivity contribution >= 4 is 5.91 Å². The lowest BCUT2D eigenvalue weighted by molar-refractivity contribution is -0.135. The third kappa shape index (κ3) is 2.19.